The Morgan fingerprint density at radius 3 is 2.26 bits per heavy atom. The Kier molecular flexibility index (Phi) is 6.35. The van der Waals surface area contributed by atoms with Crippen molar-refractivity contribution < 1.29 is 27.4 Å². The van der Waals surface area contributed by atoms with Gasteiger partial charge >= 0.3 is 0 Å². The number of methoxy groups -OCH3 is 2. The van der Waals surface area contributed by atoms with Gasteiger partial charge in [-0.1, -0.05) is 12.1 Å². The van der Waals surface area contributed by atoms with Crippen LogP contribution in [0, 0.1) is 0 Å². The topological polar surface area (TPSA) is 104 Å². The molecule has 0 saturated heterocycles. The summed E-state index contributed by atoms with van der Waals surface area (Å²) >= 11 is 0. The van der Waals surface area contributed by atoms with Crippen molar-refractivity contribution in [3.63, 3.8) is 0 Å². The van der Waals surface area contributed by atoms with Gasteiger partial charge in [0.1, 0.15) is 11.4 Å². The minimum atomic E-state index is -3.57. The second-order valence-electron chi connectivity index (χ2n) is 7.17. The maximum atomic E-state index is 13.3. The molecule has 1 N–H and O–H groups in total. The minimum absolute atomic E-state index is 0.0395. The molecule has 0 radical (unpaired) electrons. The molecule has 3 rings (SSSR count). The number of hydrogen-bond acceptors (Lipinski definition) is 7. The predicted octanol–water partition coefficient (Wildman–Crippen LogP) is 3.64. The molecule has 1 heterocycles. The molecule has 0 aliphatic heterocycles. The van der Waals surface area contributed by atoms with E-state index in [4.69, 9.17) is 14.2 Å². The highest BCUT2D eigenvalue weighted by molar-refractivity contribution is 7.92. The Morgan fingerprint density at radius 1 is 1.03 bits per heavy atom. The lowest BCUT2D eigenvalue weighted by Gasteiger charge is -2.15. The lowest BCUT2D eigenvalue weighted by atomic mass is 10.0. The SMILES string of the molecule is COc1cc2c(NS(C)(=O)=O)cnc(C(=O)c3cccc(OC(C)C)c3)c2cc1OC. The zero-order valence-electron chi connectivity index (χ0n) is 17.9. The van der Waals surface area contributed by atoms with Gasteiger partial charge in [-0.15, -0.1) is 0 Å². The van der Waals surface area contributed by atoms with Crippen LogP contribution in [0.4, 0.5) is 5.69 Å². The maximum Gasteiger partial charge on any atom is 0.229 e. The number of fused-ring (bicyclic) bond motifs is 1. The molecule has 0 unspecified atom stereocenters. The van der Waals surface area contributed by atoms with Crippen LogP contribution < -0.4 is 18.9 Å². The molecule has 31 heavy (non-hydrogen) atoms. The van der Waals surface area contributed by atoms with E-state index in [0.717, 1.165) is 6.26 Å². The number of hydrogen-bond donors (Lipinski definition) is 1. The average Bonchev–Trinajstić information content (AvgIpc) is 2.71. The number of sulfonamides is 1. The molecule has 0 aliphatic rings. The van der Waals surface area contributed by atoms with Crippen LogP contribution in [-0.4, -0.2) is 45.8 Å². The van der Waals surface area contributed by atoms with E-state index < -0.39 is 10.0 Å². The quantitative estimate of drug-likeness (QED) is 0.529. The molecule has 3 aromatic rings. The molecule has 0 atom stereocenters. The van der Waals surface area contributed by atoms with Gasteiger partial charge in [-0.05, 0) is 38.1 Å². The molecular formula is C22H24N2O6S. The molecule has 1 aromatic heterocycles. The van der Waals surface area contributed by atoms with Crippen LogP contribution in [0.3, 0.4) is 0 Å². The van der Waals surface area contributed by atoms with E-state index >= 15 is 0 Å². The molecule has 0 spiro atoms. The highest BCUT2D eigenvalue weighted by Gasteiger charge is 2.20. The molecular weight excluding hydrogens is 420 g/mol. The summed E-state index contributed by atoms with van der Waals surface area (Å²) in [6, 6.07) is 10.0. The third-order valence-electron chi connectivity index (χ3n) is 4.37. The third kappa shape index (κ3) is 5.05. The Bertz CT molecular complexity index is 1240. The largest absolute Gasteiger partial charge is 0.493 e. The zero-order valence-corrected chi connectivity index (χ0v) is 18.7. The highest BCUT2D eigenvalue weighted by Crippen LogP contribution is 2.37. The Morgan fingerprint density at radius 2 is 1.68 bits per heavy atom. The number of aromatic nitrogens is 1. The fourth-order valence-electron chi connectivity index (χ4n) is 3.15. The summed E-state index contributed by atoms with van der Waals surface area (Å²) < 4.78 is 42.4. The highest BCUT2D eigenvalue weighted by atomic mass is 32.2. The number of carbonyl (C=O) groups is 1. The molecule has 8 nitrogen and oxygen atoms in total. The van der Waals surface area contributed by atoms with Crippen LogP contribution >= 0.6 is 0 Å². The number of ketones is 1. The van der Waals surface area contributed by atoms with E-state index in [9.17, 15) is 13.2 Å². The van der Waals surface area contributed by atoms with Crippen molar-refractivity contribution in [3.05, 3.63) is 53.9 Å². The number of anilines is 1. The first-order valence-corrected chi connectivity index (χ1v) is 11.4. The van der Waals surface area contributed by atoms with E-state index in [1.807, 2.05) is 13.8 Å². The summed E-state index contributed by atoms with van der Waals surface area (Å²) in [6.07, 6.45) is 2.32. The maximum absolute atomic E-state index is 13.3. The average molecular weight is 445 g/mol. The first-order chi connectivity index (χ1) is 14.6. The molecule has 164 valence electrons. The van der Waals surface area contributed by atoms with Crippen molar-refractivity contribution in [1.29, 1.82) is 0 Å². The van der Waals surface area contributed by atoms with Gasteiger partial charge in [-0.25, -0.2) is 13.4 Å². The van der Waals surface area contributed by atoms with Crippen molar-refractivity contribution in [2.24, 2.45) is 0 Å². The molecule has 0 fully saturated rings. The molecule has 0 aliphatic carbocycles. The Hall–Kier alpha value is -3.33. The van der Waals surface area contributed by atoms with Crippen LogP contribution in [0.5, 0.6) is 17.2 Å². The number of benzene rings is 2. The minimum Gasteiger partial charge on any atom is -0.493 e. The second-order valence-corrected chi connectivity index (χ2v) is 8.92. The fraction of sp³-hybridized carbons (Fsp3) is 0.273. The summed E-state index contributed by atoms with van der Waals surface area (Å²) in [5, 5.41) is 0.877. The van der Waals surface area contributed by atoms with Crippen molar-refractivity contribution in [3.8, 4) is 17.2 Å². The third-order valence-corrected chi connectivity index (χ3v) is 4.96. The number of nitrogens with zero attached hydrogens (tertiary/aromatic N) is 1. The predicted molar refractivity (Wildman–Crippen MR) is 119 cm³/mol. The number of rotatable bonds is 8. The molecule has 9 heteroatoms. The summed E-state index contributed by atoms with van der Waals surface area (Å²) in [4.78, 5) is 17.6. The zero-order chi connectivity index (χ0) is 22.8. The van der Waals surface area contributed by atoms with Gasteiger partial charge in [0, 0.05) is 16.3 Å². The normalized spacial score (nSPS) is 11.4. The second kappa shape index (κ2) is 8.81. The van der Waals surface area contributed by atoms with Gasteiger partial charge in [-0.3, -0.25) is 9.52 Å². The summed E-state index contributed by atoms with van der Waals surface area (Å²) in [6.45, 7) is 3.80. The number of nitrogens with one attached hydrogen (secondary N) is 1. The van der Waals surface area contributed by atoms with Gasteiger partial charge in [-0.2, -0.15) is 0 Å². The van der Waals surface area contributed by atoms with E-state index in [2.05, 4.69) is 9.71 Å². The van der Waals surface area contributed by atoms with Gasteiger partial charge in [0.05, 0.1) is 38.5 Å². The first kappa shape index (κ1) is 22.4. The number of pyridine rings is 1. The summed E-state index contributed by atoms with van der Waals surface area (Å²) in [5.74, 6) is 1.01. The lowest BCUT2D eigenvalue weighted by molar-refractivity contribution is 0.103. The Labute approximate surface area is 181 Å². The van der Waals surface area contributed by atoms with E-state index in [0.29, 0.717) is 33.6 Å². The molecule has 0 amide bonds. The van der Waals surface area contributed by atoms with Crippen molar-refractivity contribution >= 4 is 32.3 Å². The number of ether oxygens (including phenoxy) is 3. The van der Waals surface area contributed by atoms with Crippen molar-refractivity contribution in [2.45, 2.75) is 20.0 Å². The summed E-state index contributed by atoms with van der Waals surface area (Å²) in [5.41, 5.74) is 0.772. The van der Waals surface area contributed by atoms with Crippen LogP contribution in [0.15, 0.2) is 42.6 Å². The van der Waals surface area contributed by atoms with Crippen molar-refractivity contribution in [2.75, 3.05) is 25.2 Å². The van der Waals surface area contributed by atoms with Gasteiger partial charge in [0.15, 0.2) is 11.5 Å². The molecule has 2 aromatic carbocycles. The lowest BCUT2D eigenvalue weighted by Crippen LogP contribution is -2.12. The van der Waals surface area contributed by atoms with E-state index in [1.54, 1.807) is 36.4 Å². The van der Waals surface area contributed by atoms with E-state index in [1.165, 1.54) is 20.4 Å². The summed E-state index contributed by atoms with van der Waals surface area (Å²) in [7, 11) is -0.621. The molecule has 0 saturated carbocycles. The van der Waals surface area contributed by atoms with Crippen LogP contribution in [0.1, 0.15) is 29.9 Å². The fourth-order valence-corrected chi connectivity index (χ4v) is 3.71. The standard InChI is InChI=1S/C22H24N2O6S/c1-13(2)30-15-8-6-7-14(9-15)22(25)21-17-11-20(29-4)19(28-3)10-16(17)18(12-23-21)24-31(5,26)27/h6-13,24H,1-5H3. The number of carbonyl (C=O) groups excluding carboxylic acids is 1. The van der Waals surface area contributed by atoms with Crippen LogP contribution in [0.25, 0.3) is 10.8 Å². The smallest absolute Gasteiger partial charge is 0.229 e. The Balaban J connectivity index is 2.21. The van der Waals surface area contributed by atoms with Gasteiger partial charge < -0.3 is 14.2 Å². The van der Waals surface area contributed by atoms with Crippen molar-refractivity contribution in [1.82, 2.24) is 4.98 Å². The van der Waals surface area contributed by atoms with E-state index in [-0.39, 0.29) is 23.3 Å². The first-order valence-electron chi connectivity index (χ1n) is 9.47. The van der Waals surface area contributed by atoms with Crippen LogP contribution in [0.2, 0.25) is 0 Å². The molecule has 0 bridgehead atoms. The van der Waals surface area contributed by atoms with Gasteiger partial charge in [0.2, 0.25) is 15.8 Å². The van der Waals surface area contributed by atoms with Crippen LogP contribution in [-0.2, 0) is 10.0 Å². The monoisotopic (exact) mass is 444 g/mol. The van der Waals surface area contributed by atoms with Gasteiger partial charge in [0.25, 0.3) is 0 Å².